The standard InChI is InChI=1S/C13H30N2/c1-6-9-15(7-2)10-8-12(14)11-13(3,4)5/h12H,6-11,14H2,1-5H3. The molecule has 0 radical (unpaired) electrons. The lowest BCUT2D eigenvalue weighted by Gasteiger charge is -2.26. The van der Waals surface area contributed by atoms with E-state index in [2.05, 4.69) is 39.5 Å². The summed E-state index contributed by atoms with van der Waals surface area (Å²) in [5.74, 6) is 0. The third-order valence-electron chi connectivity index (χ3n) is 2.68. The molecule has 0 aliphatic rings. The molecule has 2 nitrogen and oxygen atoms in total. The first-order chi connectivity index (χ1) is 6.89. The number of hydrogen-bond acceptors (Lipinski definition) is 2. The van der Waals surface area contributed by atoms with E-state index in [0.717, 1.165) is 25.9 Å². The molecule has 1 unspecified atom stereocenters. The second-order valence-corrected chi connectivity index (χ2v) is 5.75. The molecule has 0 aromatic carbocycles. The van der Waals surface area contributed by atoms with E-state index in [1.54, 1.807) is 0 Å². The van der Waals surface area contributed by atoms with Gasteiger partial charge in [0.2, 0.25) is 0 Å². The predicted molar refractivity (Wildman–Crippen MR) is 69.1 cm³/mol. The van der Waals surface area contributed by atoms with Crippen LogP contribution in [0.5, 0.6) is 0 Å². The molecule has 2 heteroatoms. The Kier molecular flexibility index (Phi) is 7.20. The second kappa shape index (κ2) is 7.24. The zero-order chi connectivity index (χ0) is 11.9. The summed E-state index contributed by atoms with van der Waals surface area (Å²) in [7, 11) is 0. The molecule has 2 N–H and O–H groups in total. The lowest BCUT2D eigenvalue weighted by atomic mass is 9.87. The lowest BCUT2D eigenvalue weighted by molar-refractivity contribution is 0.256. The van der Waals surface area contributed by atoms with Crippen LogP contribution in [0.3, 0.4) is 0 Å². The molecule has 0 aliphatic carbocycles. The molecule has 0 amide bonds. The Morgan fingerprint density at radius 3 is 2.13 bits per heavy atom. The fraction of sp³-hybridized carbons (Fsp3) is 1.00. The Morgan fingerprint density at radius 2 is 1.73 bits per heavy atom. The first-order valence-electron chi connectivity index (χ1n) is 6.37. The van der Waals surface area contributed by atoms with Crippen molar-refractivity contribution in [2.24, 2.45) is 11.1 Å². The van der Waals surface area contributed by atoms with Crippen molar-refractivity contribution >= 4 is 0 Å². The monoisotopic (exact) mass is 214 g/mol. The molecule has 0 heterocycles. The fourth-order valence-corrected chi connectivity index (χ4v) is 1.98. The second-order valence-electron chi connectivity index (χ2n) is 5.75. The van der Waals surface area contributed by atoms with Crippen molar-refractivity contribution in [1.29, 1.82) is 0 Å². The Balaban J connectivity index is 3.73. The zero-order valence-electron chi connectivity index (χ0n) is 11.3. The Labute approximate surface area is 96.2 Å². The van der Waals surface area contributed by atoms with Gasteiger partial charge in [-0.2, -0.15) is 0 Å². The van der Waals surface area contributed by atoms with Crippen molar-refractivity contribution < 1.29 is 0 Å². The van der Waals surface area contributed by atoms with E-state index in [0.29, 0.717) is 11.5 Å². The maximum atomic E-state index is 6.13. The minimum absolute atomic E-state index is 0.357. The molecule has 0 bridgehead atoms. The maximum Gasteiger partial charge on any atom is 0.00559 e. The van der Waals surface area contributed by atoms with Gasteiger partial charge in [0, 0.05) is 6.04 Å². The van der Waals surface area contributed by atoms with Crippen molar-refractivity contribution in [3.8, 4) is 0 Å². The van der Waals surface area contributed by atoms with E-state index in [1.165, 1.54) is 13.0 Å². The van der Waals surface area contributed by atoms with Gasteiger partial charge >= 0.3 is 0 Å². The largest absolute Gasteiger partial charge is 0.328 e. The van der Waals surface area contributed by atoms with Crippen LogP contribution in [0.2, 0.25) is 0 Å². The van der Waals surface area contributed by atoms with Crippen LogP contribution in [-0.2, 0) is 0 Å². The summed E-state index contributed by atoms with van der Waals surface area (Å²) >= 11 is 0. The van der Waals surface area contributed by atoms with Crippen LogP contribution < -0.4 is 5.73 Å². The van der Waals surface area contributed by atoms with Gasteiger partial charge in [-0.15, -0.1) is 0 Å². The highest BCUT2D eigenvalue weighted by atomic mass is 15.1. The summed E-state index contributed by atoms with van der Waals surface area (Å²) in [6, 6.07) is 0.357. The van der Waals surface area contributed by atoms with Gasteiger partial charge in [-0.3, -0.25) is 0 Å². The number of nitrogens with zero attached hydrogens (tertiary/aromatic N) is 1. The summed E-state index contributed by atoms with van der Waals surface area (Å²) < 4.78 is 0. The van der Waals surface area contributed by atoms with Gasteiger partial charge in [0.05, 0.1) is 0 Å². The first kappa shape index (κ1) is 14.9. The van der Waals surface area contributed by atoms with Gasteiger partial charge < -0.3 is 10.6 Å². The van der Waals surface area contributed by atoms with Gasteiger partial charge in [0.15, 0.2) is 0 Å². The van der Waals surface area contributed by atoms with Crippen LogP contribution in [0.1, 0.15) is 53.9 Å². The van der Waals surface area contributed by atoms with Crippen molar-refractivity contribution in [2.75, 3.05) is 19.6 Å². The van der Waals surface area contributed by atoms with Gasteiger partial charge in [0.25, 0.3) is 0 Å². The van der Waals surface area contributed by atoms with Crippen molar-refractivity contribution in [1.82, 2.24) is 4.90 Å². The Hall–Kier alpha value is -0.0800. The molecule has 0 saturated carbocycles. The van der Waals surface area contributed by atoms with Crippen LogP contribution in [0.15, 0.2) is 0 Å². The quantitative estimate of drug-likeness (QED) is 0.706. The fourth-order valence-electron chi connectivity index (χ4n) is 1.98. The van der Waals surface area contributed by atoms with E-state index in [4.69, 9.17) is 5.73 Å². The van der Waals surface area contributed by atoms with Crippen molar-refractivity contribution in [3.05, 3.63) is 0 Å². The van der Waals surface area contributed by atoms with E-state index >= 15 is 0 Å². The minimum Gasteiger partial charge on any atom is -0.328 e. The van der Waals surface area contributed by atoms with Crippen molar-refractivity contribution in [3.63, 3.8) is 0 Å². The normalized spacial score (nSPS) is 14.6. The summed E-state index contributed by atoms with van der Waals surface area (Å²) in [5, 5.41) is 0. The number of nitrogens with two attached hydrogens (primary N) is 1. The molecule has 92 valence electrons. The molecule has 15 heavy (non-hydrogen) atoms. The molecule has 0 spiro atoms. The minimum atomic E-state index is 0.357. The zero-order valence-corrected chi connectivity index (χ0v) is 11.3. The number of rotatable bonds is 7. The SMILES string of the molecule is CCCN(CC)CCC(N)CC(C)(C)C. The van der Waals surface area contributed by atoms with Gasteiger partial charge in [-0.1, -0.05) is 34.6 Å². The molecule has 1 atom stereocenters. The maximum absolute atomic E-state index is 6.13. The first-order valence-corrected chi connectivity index (χ1v) is 6.37. The van der Waals surface area contributed by atoms with Crippen LogP contribution in [-0.4, -0.2) is 30.6 Å². The van der Waals surface area contributed by atoms with Gasteiger partial charge in [0.1, 0.15) is 0 Å². The average molecular weight is 214 g/mol. The van der Waals surface area contributed by atoms with Crippen LogP contribution >= 0.6 is 0 Å². The summed E-state index contributed by atoms with van der Waals surface area (Å²) in [5.41, 5.74) is 6.49. The third-order valence-corrected chi connectivity index (χ3v) is 2.68. The molecular weight excluding hydrogens is 184 g/mol. The van der Waals surface area contributed by atoms with Gasteiger partial charge in [-0.05, 0) is 44.3 Å². The van der Waals surface area contributed by atoms with Crippen LogP contribution in [0.4, 0.5) is 0 Å². The highest BCUT2D eigenvalue weighted by Gasteiger charge is 2.15. The summed E-state index contributed by atoms with van der Waals surface area (Å²) in [4.78, 5) is 2.49. The van der Waals surface area contributed by atoms with Crippen molar-refractivity contribution in [2.45, 2.75) is 59.9 Å². The smallest absolute Gasteiger partial charge is 0.00559 e. The molecule has 0 aliphatic heterocycles. The average Bonchev–Trinajstić information content (AvgIpc) is 2.09. The Morgan fingerprint density at radius 1 is 1.13 bits per heavy atom. The number of hydrogen-bond donors (Lipinski definition) is 1. The van der Waals surface area contributed by atoms with E-state index in [-0.39, 0.29) is 0 Å². The topological polar surface area (TPSA) is 29.3 Å². The molecular formula is C13H30N2. The summed E-state index contributed by atoms with van der Waals surface area (Å²) in [6.45, 7) is 14.8. The molecule has 0 fully saturated rings. The summed E-state index contributed by atoms with van der Waals surface area (Å²) in [6.07, 6.45) is 3.49. The molecule has 0 aromatic rings. The Bertz CT molecular complexity index is 149. The van der Waals surface area contributed by atoms with Crippen LogP contribution in [0.25, 0.3) is 0 Å². The lowest BCUT2D eigenvalue weighted by Crippen LogP contribution is -2.33. The van der Waals surface area contributed by atoms with E-state index in [9.17, 15) is 0 Å². The molecule has 0 saturated heterocycles. The third kappa shape index (κ3) is 8.88. The highest BCUT2D eigenvalue weighted by Crippen LogP contribution is 2.21. The predicted octanol–water partition coefficient (Wildman–Crippen LogP) is 2.87. The van der Waals surface area contributed by atoms with E-state index < -0.39 is 0 Å². The molecule has 0 aromatic heterocycles. The van der Waals surface area contributed by atoms with Crippen LogP contribution in [0, 0.1) is 5.41 Å². The highest BCUT2D eigenvalue weighted by molar-refractivity contribution is 4.72. The molecule has 0 rings (SSSR count). The van der Waals surface area contributed by atoms with Gasteiger partial charge in [-0.25, -0.2) is 0 Å². The van der Waals surface area contributed by atoms with E-state index in [1.807, 2.05) is 0 Å².